The molecule has 98 valence electrons. The molecule has 0 saturated heterocycles. The lowest BCUT2D eigenvalue weighted by molar-refractivity contribution is -0.435. The number of benzene rings is 2. The van der Waals surface area contributed by atoms with Gasteiger partial charge >= 0.3 is 0 Å². The maximum Gasteiger partial charge on any atom is 0.249 e. The zero-order valence-corrected chi connectivity index (χ0v) is 12.0. The van der Waals surface area contributed by atoms with Crippen LogP contribution in [0.15, 0.2) is 41.5 Å². The Bertz CT molecular complexity index is 654. The van der Waals surface area contributed by atoms with Crippen molar-refractivity contribution in [2.75, 3.05) is 0 Å². The van der Waals surface area contributed by atoms with E-state index in [1.807, 2.05) is 19.9 Å². The Kier molecular flexibility index (Phi) is 4.08. The molecule has 3 nitrogen and oxygen atoms in total. The molecule has 0 aliphatic rings. The van der Waals surface area contributed by atoms with Crippen LogP contribution in [0.1, 0.15) is 11.1 Å². The van der Waals surface area contributed by atoms with Crippen molar-refractivity contribution in [3.8, 4) is 0 Å². The second-order valence-corrected chi connectivity index (χ2v) is 5.11. The van der Waals surface area contributed by atoms with Crippen molar-refractivity contribution in [2.24, 2.45) is 5.11 Å². The van der Waals surface area contributed by atoms with Crippen molar-refractivity contribution in [1.82, 2.24) is 0 Å². The van der Waals surface area contributed by atoms with Gasteiger partial charge in [0.05, 0.1) is 0 Å². The van der Waals surface area contributed by atoms with E-state index in [0.29, 0.717) is 26.3 Å². The minimum Gasteiger partial charge on any atom is -0.594 e. The predicted molar refractivity (Wildman–Crippen MR) is 77.8 cm³/mol. The summed E-state index contributed by atoms with van der Waals surface area (Å²) in [5.74, 6) is 0. The first-order chi connectivity index (χ1) is 8.97. The van der Waals surface area contributed by atoms with Gasteiger partial charge in [-0.2, -0.15) is 0 Å². The summed E-state index contributed by atoms with van der Waals surface area (Å²) < 4.78 is 0. The van der Waals surface area contributed by atoms with Gasteiger partial charge in [-0.3, -0.25) is 0 Å². The molecule has 0 N–H and O–H groups in total. The largest absolute Gasteiger partial charge is 0.594 e. The molecule has 2 rings (SSSR count). The van der Waals surface area contributed by atoms with Crippen LogP contribution in [0.25, 0.3) is 0 Å². The van der Waals surface area contributed by atoms with E-state index in [4.69, 9.17) is 23.2 Å². The van der Waals surface area contributed by atoms with E-state index in [2.05, 4.69) is 5.11 Å². The minimum absolute atomic E-state index is 0.423. The number of aryl methyl sites for hydroxylation is 2. The molecule has 0 bridgehead atoms. The van der Waals surface area contributed by atoms with Gasteiger partial charge in [-0.1, -0.05) is 35.3 Å². The summed E-state index contributed by atoms with van der Waals surface area (Å²) in [4.78, 5) is 0.569. The topological polar surface area (TPSA) is 38.4 Å². The lowest BCUT2D eigenvalue weighted by Gasteiger charge is -2.04. The Morgan fingerprint density at radius 3 is 2.21 bits per heavy atom. The fourth-order valence-corrected chi connectivity index (χ4v) is 1.96. The molecule has 0 unspecified atom stereocenters. The van der Waals surface area contributed by atoms with Gasteiger partial charge in [-0.25, -0.2) is 0 Å². The molecule has 5 heteroatoms. The number of hydrogen-bond donors (Lipinski definition) is 0. The van der Waals surface area contributed by atoms with Crippen molar-refractivity contribution in [2.45, 2.75) is 13.8 Å². The minimum atomic E-state index is 0.423. The molecular formula is C14H12Cl2N2O. The molecule has 0 aromatic heterocycles. The number of nitrogens with zero attached hydrogens (tertiary/aromatic N) is 2. The third-order valence-electron chi connectivity index (χ3n) is 2.75. The van der Waals surface area contributed by atoms with Crippen LogP contribution in [0.4, 0.5) is 11.4 Å². The highest BCUT2D eigenvalue weighted by atomic mass is 35.5. The summed E-state index contributed by atoms with van der Waals surface area (Å²) in [5.41, 5.74) is 2.65. The molecular weight excluding hydrogens is 283 g/mol. The lowest BCUT2D eigenvalue weighted by Crippen LogP contribution is -1.94. The Hall–Kier alpha value is -1.58. The summed E-state index contributed by atoms with van der Waals surface area (Å²) in [6.07, 6.45) is 0. The van der Waals surface area contributed by atoms with Gasteiger partial charge in [0.1, 0.15) is 5.69 Å². The van der Waals surface area contributed by atoms with Gasteiger partial charge in [0.15, 0.2) is 0 Å². The summed E-state index contributed by atoms with van der Waals surface area (Å²) in [7, 11) is 0. The van der Waals surface area contributed by atoms with E-state index < -0.39 is 0 Å². The second-order valence-electron chi connectivity index (χ2n) is 4.23. The highest BCUT2D eigenvalue weighted by Gasteiger charge is 2.10. The number of halogens is 2. The van der Waals surface area contributed by atoms with Crippen LogP contribution in [0, 0.1) is 19.1 Å². The lowest BCUT2D eigenvalue weighted by atomic mass is 10.2. The molecule has 2 aromatic rings. The van der Waals surface area contributed by atoms with Crippen LogP contribution in [-0.4, -0.2) is 4.86 Å². The summed E-state index contributed by atoms with van der Waals surface area (Å²) in [6.45, 7) is 3.70. The van der Waals surface area contributed by atoms with E-state index in [9.17, 15) is 5.21 Å². The maximum absolute atomic E-state index is 12.1. The molecule has 0 aliphatic heterocycles. The number of rotatable bonds is 2. The summed E-state index contributed by atoms with van der Waals surface area (Å²) >= 11 is 11.8. The van der Waals surface area contributed by atoms with Crippen LogP contribution in [-0.2, 0) is 0 Å². The fourth-order valence-electron chi connectivity index (χ4n) is 1.63. The van der Waals surface area contributed by atoms with Crippen molar-refractivity contribution in [1.29, 1.82) is 0 Å². The summed E-state index contributed by atoms with van der Waals surface area (Å²) in [6, 6.07) is 10.3. The van der Waals surface area contributed by atoms with Gasteiger partial charge in [-0.15, -0.1) is 0 Å². The SMILES string of the molecule is Cc1ccc(Cl)cc1N=[N+]([O-])c1cc(Cl)ccc1C. The Morgan fingerprint density at radius 1 is 0.947 bits per heavy atom. The molecule has 0 heterocycles. The average molecular weight is 295 g/mol. The molecule has 0 atom stereocenters. The normalized spacial score (nSPS) is 11.7. The van der Waals surface area contributed by atoms with Crippen molar-refractivity contribution >= 4 is 34.6 Å². The monoisotopic (exact) mass is 294 g/mol. The van der Waals surface area contributed by atoms with Crippen LogP contribution in [0.5, 0.6) is 0 Å². The first kappa shape index (κ1) is 13.8. The zero-order valence-electron chi connectivity index (χ0n) is 10.5. The van der Waals surface area contributed by atoms with Gasteiger partial charge in [0.25, 0.3) is 0 Å². The molecule has 0 radical (unpaired) electrons. The Labute approximate surface area is 121 Å². The molecule has 19 heavy (non-hydrogen) atoms. The van der Waals surface area contributed by atoms with Gasteiger partial charge in [-0.05, 0) is 42.5 Å². The van der Waals surface area contributed by atoms with Crippen LogP contribution >= 0.6 is 23.2 Å². The average Bonchev–Trinajstić information content (AvgIpc) is 2.36. The number of azo groups is 1. The third-order valence-corrected chi connectivity index (χ3v) is 3.22. The molecule has 0 fully saturated rings. The quantitative estimate of drug-likeness (QED) is 0.407. The van der Waals surface area contributed by atoms with E-state index >= 15 is 0 Å². The zero-order chi connectivity index (χ0) is 14.0. The fraction of sp³-hybridized carbons (Fsp3) is 0.143. The predicted octanol–water partition coefficient (Wildman–Crippen LogP) is 5.54. The van der Waals surface area contributed by atoms with Gasteiger partial charge < -0.3 is 5.21 Å². The van der Waals surface area contributed by atoms with E-state index in [1.54, 1.807) is 30.3 Å². The maximum atomic E-state index is 12.1. The van der Waals surface area contributed by atoms with Crippen molar-refractivity contribution in [3.63, 3.8) is 0 Å². The van der Waals surface area contributed by atoms with Crippen LogP contribution < -0.4 is 0 Å². The smallest absolute Gasteiger partial charge is 0.249 e. The summed E-state index contributed by atoms with van der Waals surface area (Å²) in [5, 5.41) is 17.2. The van der Waals surface area contributed by atoms with E-state index in [-0.39, 0.29) is 0 Å². The van der Waals surface area contributed by atoms with Crippen molar-refractivity contribution < 1.29 is 4.86 Å². The first-order valence-electron chi connectivity index (χ1n) is 5.68. The molecule has 0 spiro atoms. The van der Waals surface area contributed by atoms with Crippen LogP contribution in [0.3, 0.4) is 0 Å². The highest BCUT2D eigenvalue weighted by molar-refractivity contribution is 6.31. The molecule has 0 aliphatic carbocycles. The van der Waals surface area contributed by atoms with Gasteiger partial charge in [0.2, 0.25) is 5.69 Å². The van der Waals surface area contributed by atoms with Gasteiger partial charge in [0, 0.05) is 26.8 Å². The number of hydrogen-bond acceptors (Lipinski definition) is 2. The molecule has 0 saturated carbocycles. The standard InChI is InChI=1S/C14H12Cl2N2O/c1-9-3-5-11(15)7-13(9)17-18(19)14-8-12(16)6-4-10(14)2/h3-8H,1-2H3. The van der Waals surface area contributed by atoms with Crippen molar-refractivity contribution in [3.05, 3.63) is 62.8 Å². The Morgan fingerprint density at radius 2 is 1.53 bits per heavy atom. The molecule has 0 amide bonds. The second kappa shape index (κ2) is 5.59. The van der Waals surface area contributed by atoms with E-state index in [1.165, 1.54) is 0 Å². The molecule has 2 aromatic carbocycles. The van der Waals surface area contributed by atoms with Crippen LogP contribution in [0.2, 0.25) is 10.0 Å². The Balaban J connectivity index is 2.48. The first-order valence-corrected chi connectivity index (χ1v) is 6.44. The third kappa shape index (κ3) is 3.25. The highest BCUT2D eigenvalue weighted by Crippen LogP contribution is 2.27. The van der Waals surface area contributed by atoms with E-state index in [0.717, 1.165) is 11.1 Å².